The molecule has 306 valence electrons. The summed E-state index contributed by atoms with van der Waals surface area (Å²) in [6.07, 6.45) is 0.539. The Morgan fingerprint density at radius 2 is 0.937 bits per heavy atom. The van der Waals surface area contributed by atoms with E-state index in [9.17, 15) is 5.11 Å². The van der Waals surface area contributed by atoms with Crippen LogP contribution in [0.1, 0.15) is 65.3 Å². The van der Waals surface area contributed by atoms with Crippen LogP contribution < -0.4 is 14.9 Å². The van der Waals surface area contributed by atoms with Crippen LogP contribution >= 0.6 is 11.6 Å². The zero-order chi connectivity index (χ0) is 42.7. The third-order valence-electron chi connectivity index (χ3n) is 14.2. The van der Waals surface area contributed by atoms with Crippen molar-refractivity contribution in [2.45, 2.75) is 49.4 Å². The second kappa shape index (κ2) is 13.8. The van der Waals surface area contributed by atoms with E-state index in [1.807, 2.05) is 60.7 Å². The van der Waals surface area contributed by atoms with Gasteiger partial charge in [-0.25, -0.2) is 0 Å². The molecule has 1 spiro atoms. The zero-order valence-electron chi connectivity index (χ0n) is 35.1. The lowest BCUT2D eigenvalue weighted by Gasteiger charge is -2.39. The summed E-state index contributed by atoms with van der Waals surface area (Å²) in [5, 5.41) is 13.7. The van der Waals surface area contributed by atoms with Gasteiger partial charge in [0.1, 0.15) is 28.6 Å². The van der Waals surface area contributed by atoms with E-state index in [2.05, 4.69) is 130 Å². The van der Waals surface area contributed by atoms with Crippen molar-refractivity contribution in [2.24, 2.45) is 0 Å². The Labute approximate surface area is 372 Å². The van der Waals surface area contributed by atoms with E-state index in [4.69, 9.17) is 30.4 Å². The summed E-state index contributed by atoms with van der Waals surface area (Å²) in [5.41, 5.74) is 9.55. The molecule has 1 N–H and O–H groups in total. The summed E-state index contributed by atoms with van der Waals surface area (Å²) in [6, 6.07) is 62.0. The monoisotopic (exact) mass is 840 g/mol. The van der Waals surface area contributed by atoms with Crippen LogP contribution in [0.25, 0.3) is 22.3 Å². The molecule has 8 aromatic carbocycles. The van der Waals surface area contributed by atoms with Crippen molar-refractivity contribution < 1.29 is 23.9 Å². The molecular weight excluding hydrogens is 799 g/mol. The van der Waals surface area contributed by atoms with E-state index in [1.54, 1.807) is 12.1 Å². The fourth-order valence-corrected chi connectivity index (χ4v) is 11.0. The van der Waals surface area contributed by atoms with E-state index in [1.165, 1.54) is 22.3 Å². The predicted octanol–water partition coefficient (Wildman–Crippen LogP) is 12.4. The Hall–Kier alpha value is -6.41. The molecule has 2 atom stereocenters. The molecule has 0 aromatic heterocycles. The van der Waals surface area contributed by atoms with E-state index in [0.717, 1.165) is 50.3 Å². The predicted molar refractivity (Wildman–Crippen MR) is 250 cm³/mol. The maximum absolute atomic E-state index is 13.2. The van der Waals surface area contributed by atoms with Crippen molar-refractivity contribution in [3.05, 3.63) is 232 Å². The van der Waals surface area contributed by atoms with Crippen LogP contribution in [0, 0.1) is 0 Å². The number of rotatable bonds is 5. The number of hydrogen-bond donors (Lipinski definition) is 1. The van der Waals surface area contributed by atoms with Crippen LogP contribution in [0.15, 0.2) is 182 Å². The topological polar surface area (TPSA) is 57.2 Å². The minimum Gasteiger partial charge on any atom is -0.457 e. The third-order valence-corrected chi connectivity index (χ3v) is 14.4. The highest BCUT2D eigenvalue weighted by Crippen LogP contribution is 2.62. The average molecular weight is 841 g/mol. The Balaban J connectivity index is 0.924. The van der Waals surface area contributed by atoms with Crippen molar-refractivity contribution in [1.29, 1.82) is 0 Å². The van der Waals surface area contributed by atoms with Gasteiger partial charge in [0.2, 0.25) is 0 Å². The van der Waals surface area contributed by atoms with Gasteiger partial charge in [-0.2, -0.15) is 0 Å². The minimum absolute atomic E-state index is 0.522. The Kier molecular flexibility index (Phi) is 8.38. The summed E-state index contributed by atoms with van der Waals surface area (Å²) >= 11 is 6.48. The van der Waals surface area contributed by atoms with E-state index in [-0.39, 0.29) is 0 Å². The Bertz CT molecular complexity index is 3130. The highest BCUT2D eigenvalue weighted by molar-refractivity contribution is 6.62. The van der Waals surface area contributed by atoms with Gasteiger partial charge in [-0.05, 0) is 95.5 Å². The van der Waals surface area contributed by atoms with E-state index >= 15 is 0 Å². The SMILES string of the molecule is CC1(C)OB(c2ccc3c(c2)Oc2ccccc2C32c3ccccc3-c3ccccc32)OC1(C)Cc1ccccc1-c1ccccc1C1(O)c2ccccc2Oc2cc(Cl)ccc21. The first kappa shape index (κ1) is 38.3. The number of aliphatic hydroxyl groups is 1. The maximum atomic E-state index is 13.2. The van der Waals surface area contributed by atoms with E-state index < -0.39 is 29.3 Å². The van der Waals surface area contributed by atoms with Gasteiger partial charge in [0.15, 0.2) is 0 Å². The minimum atomic E-state index is -1.53. The number of fused-ring (bicyclic) bond motifs is 11. The van der Waals surface area contributed by atoms with Gasteiger partial charge in [-0.3, -0.25) is 0 Å². The second-order valence-corrected chi connectivity index (χ2v) is 18.3. The van der Waals surface area contributed by atoms with Crippen molar-refractivity contribution in [2.75, 3.05) is 0 Å². The Morgan fingerprint density at radius 1 is 0.460 bits per heavy atom. The lowest BCUT2D eigenvalue weighted by Crippen LogP contribution is -2.46. The number of hydrogen-bond acceptors (Lipinski definition) is 5. The lowest BCUT2D eigenvalue weighted by atomic mass is 9.65. The van der Waals surface area contributed by atoms with Crippen LogP contribution in [0.4, 0.5) is 0 Å². The van der Waals surface area contributed by atoms with Crippen molar-refractivity contribution in [3.63, 3.8) is 0 Å². The molecule has 0 bridgehead atoms. The van der Waals surface area contributed by atoms with Crippen LogP contribution in [-0.2, 0) is 26.7 Å². The van der Waals surface area contributed by atoms with Crippen molar-refractivity contribution in [3.8, 4) is 45.3 Å². The van der Waals surface area contributed by atoms with Gasteiger partial charge in [0, 0.05) is 39.3 Å². The van der Waals surface area contributed by atoms with Gasteiger partial charge < -0.3 is 23.9 Å². The highest BCUT2D eigenvalue weighted by Gasteiger charge is 2.56. The number of benzene rings is 8. The second-order valence-electron chi connectivity index (χ2n) is 17.8. The van der Waals surface area contributed by atoms with Gasteiger partial charge in [-0.1, -0.05) is 163 Å². The molecule has 0 radical (unpaired) electrons. The van der Waals surface area contributed by atoms with Crippen molar-refractivity contribution >= 4 is 24.2 Å². The number of halogens is 1. The number of para-hydroxylation sites is 2. The molecule has 8 aromatic rings. The zero-order valence-corrected chi connectivity index (χ0v) is 35.8. The molecule has 0 amide bonds. The molecule has 3 aliphatic heterocycles. The largest absolute Gasteiger partial charge is 0.494 e. The van der Waals surface area contributed by atoms with Gasteiger partial charge in [-0.15, -0.1) is 0 Å². The average Bonchev–Trinajstić information content (AvgIpc) is 3.73. The summed E-state index contributed by atoms with van der Waals surface area (Å²) in [7, 11) is -0.655. The summed E-state index contributed by atoms with van der Waals surface area (Å²) in [5.74, 6) is 2.73. The first-order valence-electron chi connectivity index (χ1n) is 21.5. The maximum Gasteiger partial charge on any atom is 0.494 e. The van der Waals surface area contributed by atoms with Crippen molar-refractivity contribution in [1.82, 2.24) is 0 Å². The molecule has 63 heavy (non-hydrogen) atoms. The molecule has 1 saturated heterocycles. The molecule has 2 unspecified atom stereocenters. The summed E-state index contributed by atoms with van der Waals surface area (Å²) in [6.45, 7) is 6.37. The number of ether oxygens (including phenoxy) is 2. The smallest absolute Gasteiger partial charge is 0.457 e. The molecular formula is C56H42BClO5. The molecule has 1 aliphatic carbocycles. The fourth-order valence-electron chi connectivity index (χ4n) is 10.8. The quantitative estimate of drug-likeness (QED) is 0.175. The fraction of sp³-hybridized carbons (Fsp3) is 0.143. The normalized spacial score (nSPS) is 20.4. The van der Waals surface area contributed by atoms with E-state index in [0.29, 0.717) is 34.1 Å². The molecule has 5 nitrogen and oxygen atoms in total. The molecule has 3 heterocycles. The standard InChI is InChI=1S/C56H42BClO5/c1-53(2)54(3,34-35-16-4-5-17-38(35)39-18-8-11-23-44(39)56(59)47-25-13-15-27-50(47)61-52-33-37(58)29-31-48(52)56)63-57(62-53)36-28-30-46-51(32-36)60-49-26-14-12-24-45(49)55(46)42-21-9-6-19-40(42)41-20-7-10-22-43(41)55/h4-33,59H,34H2,1-3H3. The van der Waals surface area contributed by atoms with Gasteiger partial charge in [0.25, 0.3) is 0 Å². The van der Waals surface area contributed by atoms with Gasteiger partial charge in [0.05, 0.1) is 16.6 Å². The molecule has 1 fully saturated rings. The Morgan fingerprint density at radius 3 is 1.62 bits per heavy atom. The van der Waals surface area contributed by atoms with Gasteiger partial charge >= 0.3 is 7.12 Å². The first-order valence-corrected chi connectivity index (χ1v) is 21.9. The molecule has 7 heteroatoms. The highest BCUT2D eigenvalue weighted by atomic mass is 35.5. The third kappa shape index (κ3) is 5.42. The van der Waals surface area contributed by atoms with Crippen LogP contribution in [-0.4, -0.2) is 23.4 Å². The summed E-state index contributed by atoms with van der Waals surface area (Å²) < 4.78 is 27.3. The van der Waals surface area contributed by atoms with Crippen LogP contribution in [0.5, 0.6) is 23.0 Å². The first-order chi connectivity index (χ1) is 30.6. The van der Waals surface area contributed by atoms with Crippen LogP contribution in [0.2, 0.25) is 5.02 Å². The van der Waals surface area contributed by atoms with Crippen LogP contribution in [0.3, 0.4) is 0 Å². The molecule has 0 saturated carbocycles. The molecule has 4 aliphatic rings. The lowest BCUT2D eigenvalue weighted by molar-refractivity contribution is -0.00868. The summed E-state index contributed by atoms with van der Waals surface area (Å²) in [4.78, 5) is 0. The molecule has 12 rings (SSSR count).